The van der Waals surface area contributed by atoms with Crippen LogP contribution in [0.4, 0.5) is 5.13 Å². The van der Waals surface area contributed by atoms with Crippen LogP contribution in [0.5, 0.6) is 5.75 Å². The number of thioether (sulfide) groups is 1. The standard InChI is InChI=1S/C21H25N5O4S2/c1-5-26-18(14-8-10-15(11-9-14)29-6-2)24-25-21(26)31-12-16(27)23-20-22-13(4)17(32-20)19(28)30-7-3/h8-11H,5-7,12H2,1-4H3,(H,22,23,27). The Bertz CT molecular complexity index is 1080. The highest BCUT2D eigenvalue weighted by Crippen LogP contribution is 2.27. The van der Waals surface area contributed by atoms with Crippen LogP contribution < -0.4 is 10.1 Å². The van der Waals surface area contributed by atoms with Crippen LogP contribution in [0.15, 0.2) is 29.4 Å². The van der Waals surface area contributed by atoms with Gasteiger partial charge in [-0.2, -0.15) is 0 Å². The monoisotopic (exact) mass is 475 g/mol. The van der Waals surface area contributed by atoms with Gasteiger partial charge < -0.3 is 19.4 Å². The molecule has 0 aliphatic heterocycles. The van der Waals surface area contributed by atoms with Crippen molar-refractivity contribution in [3.63, 3.8) is 0 Å². The summed E-state index contributed by atoms with van der Waals surface area (Å²) in [4.78, 5) is 29.0. The first-order chi connectivity index (χ1) is 15.5. The van der Waals surface area contributed by atoms with Crippen LogP contribution in [0.3, 0.4) is 0 Å². The van der Waals surface area contributed by atoms with Crippen LogP contribution in [0, 0.1) is 6.92 Å². The summed E-state index contributed by atoms with van der Waals surface area (Å²) in [6.45, 7) is 8.94. The molecule has 11 heteroatoms. The van der Waals surface area contributed by atoms with Gasteiger partial charge in [0, 0.05) is 12.1 Å². The van der Waals surface area contributed by atoms with Gasteiger partial charge in [0.1, 0.15) is 10.6 Å². The van der Waals surface area contributed by atoms with Gasteiger partial charge in [0.2, 0.25) is 5.91 Å². The number of carbonyl (C=O) groups excluding carboxylic acids is 2. The van der Waals surface area contributed by atoms with Crippen molar-refractivity contribution < 1.29 is 19.1 Å². The van der Waals surface area contributed by atoms with E-state index >= 15 is 0 Å². The maximum absolute atomic E-state index is 12.4. The third-order valence-corrected chi connectivity index (χ3v) is 6.31. The zero-order valence-electron chi connectivity index (χ0n) is 18.4. The molecule has 0 atom stereocenters. The molecule has 32 heavy (non-hydrogen) atoms. The fourth-order valence-corrected chi connectivity index (χ4v) is 4.56. The number of thiazole rings is 1. The minimum Gasteiger partial charge on any atom is -0.494 e. The molecule has 0 saturated carbocycles. The Morgan fingerprint density at radius 1 is 1.12 bits per heavy atom. The summed E-state index contributed by atoms with van der Waals surface area (Å²) in [6.07, 6.45) is 0. The van der Waals surface area contributed by atoms with Gasteiger partial charge in [-0.3, -0.25) is 4.79 Å². The quantitative estimate of drug-likeness (QED) is 0.346. The summed E-state index contributed by atoms with van der Waals surface area (Å²) >= 11 is 2.39. The molecule has 0 aliphatic rings. The molecule has 0 aliphatic carbocycles. The van der Waals surface area contributed by atoms with Crippen LogP contribution in [-0.4, -0.2) is 50.6 Å². The molecule has 170 valence electrons. The lowest BCUT2D eigenvalue weighted by Gasteiger charge is -2.08. The van der Waals surface area contributed by atoms with Crippen molar-refractivity contribution in [2.45, 2.75) is 39.4 Å². The molecule has 3 rings (SSSR count). The van der Waals surface area contributed by atoms with Crippen molar-refractivity contribution in [1.82, 2.24) is 19.7 Å². The van der Waals surface area contributed by atoms with Gasteiger partial charge in [0.25, 0.3) is 0 Å². The number of hydrogen-bond acceptors (Lipinski definition) is 9. The minimum absolute atomic E-state index is 0.134. The summed E-state index contributed by atoms with van der Waals surface area (Å²) in [5, 5.41) is 12.3. The second kappa shape index (κ2) is 11.1. The van der Waals surface area contributed by atoms with Gasteiger partial charge >= 0.3 is 5.97 Å². The lowest BCUT2D eigenvalue weighted by molar-refractivity contribution is -0.113. The number of carbonyl (C=O) groups is 2. The number of amides is 1. The molecule has 0 saturated heterocycles. The van der Waals surface area contributed by atoms with Gasteiger partial charge in [-0.25, -0.2) is 9.78 Å². The Morgan fingerprint density at radius 2 is 1.88 bits per heavy atom. The first-order valence-corrected chi connectivity index (χ1v) is 12.0. The molecular weight excluding hydrogens is 450 g/mol. The molecule has 2 aromatic heterocycles. The number of nitrogens with zero attached hydrogens (tertiary/aromatic N) is 4. The van der Waals surface area contributed by atoms with Gasteiger partial charge in [0.05, 0.1) is 24.7 Å². The number of aryl methyl sites for hydroxylation is 1. The Kier molecular flexibility index (Phi) is 8.23. The van der Waals surface area contributed by atoms with Gasteiger partial charge in [-0.05, 0) is 52.0 Å². The molecule has 1 amide bonds. The maximum Gasteiger partial charge on any atom is 0.350 e. The van der Waals surface area contributed by atoms with E-state index in [1.165, 1.54) is 11.8 Å². The van der Waals surface area contributed by atoms with Gasteiger partial charge in [-0.15, -0.1) is 10.2 Å². The van der Waals surface area contributed by atoms with E-state index in [4.69, 9.17) is 9.47 Å². The Hall–Kier alpha value is -2.92. The van der Waals surface area contributed by atoms with Crippen LogP contribution in [-0.2, 0) is 16.1 Å². The second-order valence-corrected chi connectivity index (χ2v) is 8.44. The molecule has 0 bridgehead atoms. The fraction of sp³-hybridized carbons (Fsp3) is 0.381. The molecule has 9 nitrogen and oxygen atoms in total. The van der Waals surface area contributed by atoms with E-state index in [-0.39, 0.29) is 18.3 Å². The molecule has 0 spiro atoms. The van der Waals surface area contributed by atoms with Crippen molar-refractivity contribution in [2.75, 3.05) is 24.3 Å². The van der Waals surface area contributed by atoms with Crippen molar-refractivity contribution in [3.8, 4) is 17.1 Å². The van der Waals surface area contributed by atoms with Crippen LogP contribution in [0.25, 0.3) is 11.4 Å². The van der Waals surface area contributed by atoms with Crippen molar-refractivity contribution in [1.29, 1.82) is 0 Å². The summed E-state index contributed by atoms with van der Waals surface area (Å²) in [5.41, 5.74) is 1.45. The van der Waals surface area contributed by atoms with Crippen LogP contribution >= 0.6 is 23.1 Å². The minimum atomic E-state index is -0.435. The van der Waals surface area contributed by atoms with Crippen LogP contribution in [0.1, 0.15) is 36.1 Å². The van der Waals surface area contributed by atoms with Gasteiger partial charge in [0.15, 0.2) is 16.1 Å². The molecule has 0 fully saturated rings. The summed E-state index contributed by atoms with van der Waals surface area (Å²) in [7, 11) is 0. The van der Waals surface area contributed by atoms with Crippen molar-refractivity contribution >= 4 is 40.1 Å². The molecule has 1 aromatic carbocycles. The number of aromatic nitrogens is 4. The zero-order valence-corrected chi connectivity index (χ0v) is 20.0. The molecule has 0 radical (unpaired) electrons. The Labute approximate surface area is 194 Å². The lowest BCUT2D eigenvalue weighted by atomic mass is 10.2. The smallest absolute Gasteiger partial charge is 0.350 e. The zero-order chi connectivity index (χ0) is 23.1. The number of ether oxygens (including phenoxy) is 2. The number of esters is 1. The topological polar surface area (TPSA) is 108 Å². The molecule has 3 aromatic rings. The number of hydrogen-bond donors (Lipinski definition) is 1. The Balaban J connectivity index is 1.64. The lowest BCUT2D eigenvalue weighted by Crippen LogP contribution is -2.14. The van der Waals surface area contributed by atoms with E-state index in [2.05, 4.69) is 20.5 Å². The highest BCUT2D eigenvalue weighted by Gasteiger charge is 2.19. The Morgan fingerprint density at radius 3 is 2.53 bits per heavy atom. The third-order valence-electron chi connectivity index (χ3n) is 4.29. The summed E-state index contributed by atoms with van der Waals surface area (Å²) < 4.78 is 12.4. The van der Waals surface area contributed by atoms with E-state index in [0.29, 0.717) is 34.0 Å². The van der Waals surface area contributed by atoms with Gasteiger partial charge in [-0.1, -0.05) is 23.1 Å². The maximum atomic E-state index is 12.4. The number of nitrogens with one attached hydrogen (secondary N) is 1. The third kappa shape index (κ3) is 5.65. The predicted octanol–water partition coefficient (Wildman–Crippen LogP) is 4.04. The average molecular weight is 476 g/mol. The first kappa shape index (κ1) is 23.7. The van der Waals surface area contributed by atoms with E-state index in [1.54, 1.807) is 13.8 Å². The number of rotatable bonds is 10. The van der Waals surface area contributed by atoms with E-state index in [1.807, 2.05) is 42.7 Å². The molecule has 2 heterocycles. The largest absolute Gasteiger partial charge is 0.494 e. The molecule has 1 N–H and O–H groups in total. The average Bonchev–Trinajstić information content (AvgIpc) is 3.36. The van der Waals surface area contributed by atoms with Crippen LogP contribution in [0.2, 0.25) is 0 Å². The summed E-state index contributed by atoms with van der Waals surface area (Å²) in [6, 6.07) is 7.67. The highest BCUT2D eigenvalue weighted by molar-refractivity contribution is 7.99. The van der Waals surface area contributed by atoms with E-state index in [9.17, 15) is 9.59 Å². The number of benzene rings is 1. The SMILES string of the molecule is CCOC(=O)c1sc(NC(=O)CSc2nnc(-c3ccc(OCC)cc3)n2CC)nc1C. The predicted molar refractivity (Wildman–Crippen MR) is 124 cm³/mol. The van der Waals surface area contributed by atoms with Crippen molar-refractivity contribution in [2.24, 2.45) is 0 Å². The second-order valence-electron chi connectivity index (χ2n) is 6.50. The molecule has 0 unspecified atom stereocenters. The summed E-state index contributed by atoms with van der Waals surface area (Å²) in [5.74, 6) is 0.985. The first-order valence-electron chi connectivity index (χ1n) is 10.2. The van der Waals surface area contributed by atoms with Crippen molar-refractivity contribution in [3.05, 3.63) is 34.8 Å². The number of anilines is 1. The van der Waals surface area contributed by atoms with E-state index < -0.39 is 5.97 Å². The fourth-order valence-electron chi connectivity index (χ4n) is 2.88. The molecular formula is C21H25N5O4S2. The van der Waals surface area contributed by atoms with E-state index in [0.717, 1.165) is 28.5 Å². The highest BCUT2D eigenvalue weighted by atomic mass is 32.2. The normalized spacial score (nSPS) is 10.8.